The fraction of sp³-hybridized carbons (Fsp3) is 0.914. The minimum Gasteiger partial charge on any atom is -0.469 e. The van der Waals surface area contributed by atoms with Crippen molar-refractivity contribution >= 4 is 17.9 Å². The van der Waals surface area contributed by atoms with Crippen LogP contribution in [0.3, 0.4) is 0 Å². The van der Waals surface area contributed by atoms with E-state index >= 15 is 0 Å². The summed E-state index contributed by atoms with van der Waals surface area (Å²) in [7, 11) is 1.40. The number of rotatable bonds is 22. The molecule has 2 bridgehead atoms. The number of carbonyl (C=O) groups excluding carboxylic acids is 3. The second-order valence-electron chi connectivity index (χ2n) is 13.7. The summed E-state index contributed by atoms with van der Waals surface area (Å²) >= 11 is 0. The monoisotopic (exact) mass is 578 g/mol. The molecule has 2 rings (SSSR count). The first-order valence-electron chi connectivity index (χ1n) is 17.1. The highest BCUT2D eigenvalue weighted by atomic mass is 16.5. The van der Waals surface area contributed by atoms with Gasteiger partial charge in [0.2, 0.25) is 0 Å². The second kappa shape index (κ2) is 18.2. The molecule has 6 atom stereocenters. The number of unbranched alkanes of at least 4 members (excludes halogenated alkanes) is 9. The minimum absolute atomic E-state index is 0.0117. The van der Waals surface area contributed by atoms with Crippen LogP contribution in [-0.2, 0) is 28.6 Å². The SMILES string of the molecule is CCCCCCCCCCCCOC(=O)C(C)(CC)CCC(C)(CC(CC)C(=O)OC)C(=O)OC1CC2CCC1C2. The average Bonchev–Trinajstić information content (AvgIpc) is 3.60. The van der Waals surface area contributed by atoms with E-state index in [9.17, 15) is 14.4 Å². The van der Waals surface area contributed by atoms with Crippen LogP contribution in [0, 0.1) is 28.6 Å². The van der Waals surface area contributed by atoms with E-state index in [1.165, 1.54) is 64.9 Å². The van der Waals surface area contributed by atoms with E-state index in [0.29, 0.717) is 50.5 Å². The Balaban J connectivity index is 1.89. The molecule has 2 aliphatic rings. The first-order chi connectivity index (χ1) is 19.6. The maximum absolute atomic E-state index is 13.7. The zero-order chi connectivity index (χ0) is 30.3. The molecule has 6 nitrogen and oxygen atoms in total. The third kappa shape index (κ3) is 11.2. The van der Waals surface area contributed by atoms with Crippen molar-refractivity contribution in [1.29, 1.82) is 0 Å². The Morgan fingerprint density at radius 1 is 0.780 bits per heavy atom. The molecule has 41 heavy (non-hydrogen) atoms. The molecule has 0 amide bonds. The Kier molecular flexibility index (Phi) is 15.8. The van der Waals surface area contributed by atoms with Crippen molar-refractivity contribution in [3.05, 3.63) is 0 Å². The van der Waals surface area contributed by atoms with Crippen LogP contribution in [-0.4, -0.2) is 37.7 Å². The summed E-state index contributed by atoms with van der Waals surface area (Å²) in [5, 5.41) is 0. The number of ether oxygens (including phenoxy) is 3. The summed E-state index contributed by atoms with van der Waals surface area (Å²) in [6.45, 7) is 10.5. The number of fused-ring (bicyclic) bond motifs is 2. The Morgan fingerprint density at radius 2 is 1.39 bits per heavy atom. The van der Waals surface area contributed by atoms with E-state index in [-0.39, 0.29) is 29.9 Å². The van der Waals surface area contributed by atoms with E-state index in [4.69, 9.17) is 14.2 Å². The van der Waals surface area contributed by atoms with Crippen LogP contribution in [0.5, 0.6) is 0 Å². The number of esters is 3. The summed E-state index contributed by atoms with van der Waals surface area (Å²) in [5.74, 6) is 0.0670. The zero-order valence-corrected chi connectivity index (χ0v) is 27.4. The molecule has 238 valence electrons. The molecule has 0 N–H and O–H groups in total. The third-order valence-electron chi connectivity index (χ3n) is 10.4. The van der Waals surface area contributed by atoms with Crippen LogP contribution >= 0.6 is 0 Å². The maximum atomic E-state index is 13.7. The Bertz CT molecular complexity index is 796. The van der Waals surface area contributed by atoms with Gasteiger partial charge in [0.25, 0.3) is 0 Å². The van der Waals surface area contributed by atoms with Gasteiger partial charge in [-0.2, -0.15) is 0 Å². The molecule has 6 unspecified atom stereocenters. The summed E-state index contributed by atoms with van der Waals surface area (Å²) in [5.41, 5.74) is -1.55. The first-order valence-corrected chi connectivity index (χ1v) is 17.1. The lowest BCUT2D eigenvalue weighted by Gasteiger charge is -2.35. The third-order valence-corrected chi connectivity index (χ3v) is 10.4. The van der Waals surface area contributed by atoms with Crippen LogP contribution in [0.4, 0.5) is 0 Å². The van der Waals surface area contributed by atoms with Crippen molar-refractivity contribution in [1.82, 2.24) is 0 Å². The van der Waals surface area contributed by atoms with Gasteiger partial charge in [-0.1, -0.05) is 78.6 Å². The predicted octanol–water partition coefficient (Wildman–Crippen LogP) is 8.97. The molecule has 2 aliphatic carbocycles. The smallest absolute Gasteiger partial charge is 0.312 e. The molecule has 0 aliphatic heterocycles. The molecular formula is C35H62O6. The quantitative estimate of drug-likeness (QED) is 0.0725. The standard InChI is InChI=1S/C35H62O6/c1-7-10-11-12-13-14-15-16-17-18-23-40-32(37)34(4,9-3)21-22-35(5,26-28(8-2)31(36)39-6)33(38)41-30-25-27-19-20-29(30)24-27/h27-30H,7-26H2,1-6H3. The van der Waals surface area contributed by atoms with Gasteiger partial charge >= 0.3 is 17.9 Å². The lowest BCUT2D eigenvalue weighted by atomic mass is 9.71. The molecule has 0 aromatic carbocycles. The van der Waals surface area contributed by atoms with Crippen LogP contribution in [0.1, 0.15) is 157 Å². The van der Waals surface area contributed by atoms with Gasteiger partial charge in [-0.25, -0.2) is 0 Å². The normalized spacial score (nSPS) is 23.4. The lowest BCUT2D eigenvalue weighted by molar-refractivity contribution is -0.168. The van der Waals surface area contributed by atoms with E-state index in [1.807, 2.05) is 27.7 Å². The van der Waals surface area contributed by atoms with Crippen molar-refractivity contribution in [2.45, 2.75) is 163 Å². The summed E-state index contributed by atoms with van der Waals surface area (Å²) in [6, 6.07) is 0. The first kappa shape index (κ1) is 35.6. The van der Waals surface area contributed by atoms with Gasteiger partial charge < -0.3 is 14.2 Å². The van der Waals surface area contributed by atoms with Gasteiger partial charge in [0.15, 0.2) is 0 Å². The van der Waals surface area contributed by atoms with E-state index < -0.39 is 10.8 Å². The molecule has 2 fully saturated rings. The molecular weight excluding hydrogens is 516 g/mol. The summed E-state index contributed by atoms with van der Waals surface area (Å²) in [6.07, 6.45) is 19.5. The Labute approximate surface area is 251 Å². The van der Waals surface area contributed by atoms with Gasteiger partial charge in [0.05, 0.1) is 30.5 Å². The largest absolute Gasteiger partial charge is 0.469 e. The van der Waals surface area contributed by atoms with Gasteiger partial charge in [-0.3, -0.25) is 14.4 Å². The zero-order valence-electron chi connectivity index (χ0n) is 27.4. The van der Waals surface area contributed by atoms with E-state index in [2.05, 4.69) is 6.92 Å². The molecule has 6 heteroatoms. The highest BCUT2D eigenvalue weighted by Gasteiger charge is 2.47. The lowest BCUT2D eigenvalue weighted by Crippen LogP contribution is -2.40. The van der Waals surface area contributed by atoms with Crippen LogP contribution < -0.4 is 0 Å². The van der Waals surface area contributed by atoms with Crippen molar-refractivity contribution in [2.75, 3.05) is 13.7 Å². The summed E-state index contributed by atoms with van der Waals surface area (Å²) < 4.78 is 17.0. The topological polar surface area (TPSA) is 78.9 Å². The number of carbonyl (C=O) groups is 3. The highest BCUT2D eigenvalue weighted by Crippen LogP contribution is 2.47. The molecule has 0 aromatic rings. The Hall–Kier alpha value is -1.59. The fourth-order valence-electron chi connectivity index (χ4n) is 6.91. The van der Waals surface area contributed by atoms with Crippen LogP contribution in [0.25, 0.3) is 0 Å². The molecule has 0 spiro atoms. The summed E-state index contributed by atoms with van der Waals surface area (Å²) in [4.78, 5) is 39.4. The van der Waals surface area contributed by atoms with E-state index in [1.54, 1.807) is 0 Å². The van der Waals surface area contributed by atoms with Gasteiger partial charge in [0, 0.05) is 0 Å². The molecule has 0 aromatic heterocycles. The number of hydrogen-bond donors (Lipinski definition) is 0. The molecule has 0 saturated heterocycles. The van der Waals surface area contributed by atoms with Crippen molar-refractivity contribution < 1.29 is 28.6 Å². The minimum atomic E-state index is -0.871. The second-order valence-corrected chi connectivity index (χ2v) is 13.7. The van der Waals surface area contributed by atoms with Crippen molar-refractivity contribution in [3.63, 3.8) is 0 Å². The van der Waals surface area contributed by atoms with Crippen LogP contribution in [0.2, 0.25) is 0 Å². The van der Waals surface area contributed by atoms with Gasteiger partial charge in [0.1, 0.15) is 6.10 Å². The van der Waals surface area contributed by atoms with Gasteiger partial charge in [-0.05, 0) is 89.9 Å². The number of methoxy groups -OCH3 is 1. The van der Waals surface area contributed by atoms with Crippen molar-refractivity contribution in [2.24, 2.45) is 28.6 Å². The molecule has 2 saturated carbocycles. The maximum Gasteiger partial charge on any atom is 0.312 e. The van der Waals surface area contributed by atoms with Crippen molar-refractivity contribution in [3.8, 4) is 0 Å². The van der Waals surface area contributed by atoms with Crippen LogP contribution in [0.15, 0.2) is 0 Å². The Morgan fingerprint density at radius 3 is 1.90 bits per heavy atom. The molecule has 0 radical (unpaired) electrons. The molecule has 0 heterocycles. The highest BCUT2D eigenvalue weighted by molar-refractivity contribution is 5.79. The predicted molar refractivity (Wildman–Crippen MR) is 164 cm³/mol. The average molecular weight is 579 g/mol. The number of hydrogen-bond acceptors (Lipinski definition) is 6. The van der Waals surface area contributed by atoms with E-state index in [0.717, 1.165) is 32.1 Å². The fourth-order valence-corrected chi connectivity index (χ4v) is 6.91. The van der Waals surface area contributed by atoms with Gasteiger partial charge in [-0.15, -0.1) is 0 Å².